The second-order valence-corrected chi connectivity index (χ2v) is 7.71. The highest BCUT2D eigenvalue weighted by molar-refractivity contribution is 5.83. The number of likely N-dealkylation sites (N-methyl/N-ethyl adjacent to an activating group) is 1. The van der Waals surface area contributed by atoms with Crippen molar-refractivity contribution < 1.29 is 14.3 Å². The number of ether oxygens (including phenoxy) is 2. The van der Waals surface area contributed by atoms with E-state index in [-0.39, 0.29) is 17.6 Å². The predicted octanol–water partition coefficient (Wildman–Crippen LogP) is 0.816. The van der Waals surface area contributed by atoms with Gasteiger partial charge in [-0.2, -0.15) is 0 Å². The molecule has 3 heterocycles. The molecule has 2 aliphatic rings. The maximum absolute atomic E-state index is 12.3. The van der Waals surface area contributed by atoms with Crippen molar-refractivity contribution in [1.29, 1.82) is 0 Å². The highest BCUT2D eigenvalue weighted by Gasteiger charge is 2.49. The maximum Gasteiger partial charge on any atom is 0.239 e. The Balaban J connectivity index is 1.30. The van der Waals surface area contributed by atoms with Crippen LogP contribution in [0.4, 0.5) is 0 Å². The largest absolute Gasteiger partial charge is 0.383 e. The van der Waals surface area contributed by atoms with Crippen molar-refractivity contribution in [2.24, 2.45) is 0 Å². The number of amides is 1. The summed E-state index contributed by atoms with van der Waals surface area (Å²) in [6.07, 6.45) is 1.99. The number of aromatic nitrogens is 1. The monoisotopic (exact) mass is 372 g/mol. The number of rotatable bonds is 6. The number of likely N-dealkylation sites (tertiary alicyclic amines) is 1. The Morgan fingerprint density at radius 1 is 1.37 bits per heavy atom. The fraction of sp³-hybridized carbons (Fsp3) is 0.550. The molecule has 1 atom stereocenters. The zero-order valence-electron chi connectivity index (χ0n) is 16.0. The molecular formula is C20H28N4O3. The average Bonchev–Trinajstić information content (AvgIpc) is 3.10. The number of nitrogens with one attached hydrogen (secondary N) is 2. The summed E-state index contributed by atoms with van der Waals surface area (Å²) in [4.78, 5) is 20.1. The average molecular weight is 372 g/mol. The molecule has 1 spiro atoms. The quantitative estimate of drug-likeness (QED) is 0.735. The molecule has 27 heavy (non-hydrogen) atoms. The second kappa shape index (κ2) is 7.59. The molecule has 0 saturated carbocycles. The van der Waals surface area contributed by atoms with Crippen molar-refractivity contribution in [3.63, 3.8) is 0 Å². The molecule has 0 unspecified atom stereocenters. The van der Waals surface area contributed by atoms with Crippen LogP contribution in [0.2, 0.25) is 0 Å². The number of aromatic amines is 1. The van der Waals surface area contributed by atoms with Crippen molar-refractivity contribution in [2.75, 3.05) is 53.6 Å². The van der Waals surface area contributed by atoms with Gasteiger partial charge < -0.3 is 19.8 Å². The molecule has 0 bridgehead atoms. The minimum absolute atomic E-state index is 0.0136. The van der Waals surface area contributed by atoms with E-state index in [1.165, 1.54) is 16.5 Å². The van der Waals surface area contributed by atoms with Crippen LogP contribution in [0, 0.1) is 0 Å². The fourth-order valence-electron chi connectivity index (χ4n) is 4.26. The molecule has 2 saturated heterocycles. The maximum atomic E-state index is 12.3. The number of nitrogens with zero attached hydrogens (tertiary/aromatic N) is 2. The zero-order valence-corrected chi connectivity index (χ0v) is 16.0. The van der Waals surface area contributed by atoms with Gasteiger partial charge in [-0.05, 0) is 24.7 Å². The number of hydrogen-bond acceptors (Lipinski definition) is 5. The summed E-state index contributed by atoms with van der Waals surface area (Å²) < 4.78 is 11.2. The first-order valence-electron chi connectivity index (χ1n) is 9.48. The summed E-state index contributed by atoms with van der Waals surface area (Å²) in [5.74, 6) is 0.0136. The Morgan fingerprint density at radius 2 is 2.22 bits per heavy atom. The van der Waals surface area contributed by atoms with Crippen molar-refractivity contribution >= 4 is 16.8 Å². The van der Waals surface area contributed by atoms with Crippen LogP contribution in [0.15, 0.2) is 30.5 Å². The highest BCUT2D eigenvalue weighted by atomic mass is 16.5. The summed E-state index contributed by atoms with van der Waals surface area (Å²) in [6, 6.07) is 8.30. The van der Waals surface area contributed by atoms with Crippen LogP contribution in [0.25, 0.3) is 10.9 Å². The molecule has 2 N–H and O–H groups in total. The number of benzene rings is 1. The van der Waals surface area contributed by atoms with Crippen molar-refractivity contribution in [3.8, 4) is 0 Å². The molecule has 4 rings (SSSR count). The zero-order chi connectivity index (χ0) is 18.9. The third-order valence-electron chi connectivity index (χ3n) is 5.63. The van der Waals surface area contributed by atoms with Gasteiger partial charge in [0.1, 0.15) is 11.6 Å². The van der Waals surface area contributed by atoms with Gasteiger partial charge in [-0.15, -0.1) is 0 Å². The van der Waals surface area contributed by atoms with Gasteiger partial charge in [-0.3, -0.25) is 14.6 Å². The van der Waals surface area contributed by atoms with E-state index in [0.717, 1.165) is 26.2 Å². The number of carbonyl (C=O) groups is 1. The van der Waals surface area contributed by atoms with Crippen LogP contribution in [0.1, 0.15) is 5.56 Å². The molecule has 1 aromatic heterocycles. The number of carbonyl (C=O) groups excluding carboxylic acids is 1. The first-order chi connectivity index (χ1) is 13.1. The Morgan fingerprint density at radius 3 is 3.00 bits per heavy atom. The van der Waals surface area contributed by atoms with Gasteiger partial charge in [0.25, 0.3) is 0 Å². The van der Waals surface area contributed by atoms with E-state index in [4.69, 9.17) is 9.47 Å². The number of H-pyrrole nitrogens is 1. The summed E-state index contributed by atoms with van der Waals surface area (Å²) in [5.41, 5.74) is 2.37. The Hall–Kier alpha value is -1.93. The third kappa shape index (κ3) is 3.73. The first kappa shape index (κ1) is 18.4. The van der Waals surface area contributed by atoms with Crippen LogP contribution in [0.5, 0.6) is 0 Å². The molecule has 0 radical (unpaired) electrons. The lowest BCUT2D eigenvalue weighted by Gasteiger charge is -2.55. The van der Waals surface area contributed by atoms with Crippen molar-refractivity contribution in [3.05, 3.63) is 36.0 Å². The Bertz CT molecular complexity index is 799. The molecule has 7 heteroatoms. The Kier molecular flexibility index (Phi) is 5.19. The SMILES string of the molecule is COCCNC(=O)[C@@H]1COC2(CN(Cc3cccc4[nH]ccc34)C2)CN1C. The smallest absolute Gasteiger partial charge is 0.239 e. The van der Waals surface area contributed by atoms with Crippen LogP contribution >= 0.6 is 0 Å². The van der Waals surface area contributed by atoms with Gasteiger partial charge in [0.15, 0.2) is 0 Å². The minimum Gasteiger partial charge on any atom is -0.383 e. The normalized spacial score (nSPS) is 22.8. The van der Waals surface area contributed by atoms with E-state index in [9.17, 15) is 4.79 Å². The predicted molar refractivity (Wildman–Crippen MR) is 104 cm³/mol. The first-order valence-corrected chi connectivity index (χ1v) is 9.48. The van der Waals surface area contributed by atoms with E-state index in [1.807, 2.05) is 13.2 Å². The molecule has 2 aromatic rings. The van der Waals surface area contributed by atoms with Crippen LogP contribution in [-0.2, 0) is 20.8 Å². The summed E-state index contributed by atoms with van der Waals surface area (Å²) in [5, 5.41) is 4.19. The van der Waals surface area contributed by atoms with Crippen LogP contribution < -0.4 is 5.32 Å². The molecule has 7 nitrogen and oxygen atoms in total. The highest BCUT2D eigenvalue weighted by Crippen LogP contribution is 2.32. The van der Waals surface area contributed by atoms with E-state index in [1.54, 1.807) is 7.11 Å². The lowest BCUT2D eigenvalue weighted by Crippen LogP contribution is -2.72. The minimum atomic E-state index is -0.227. The van der Waals surface area contributed by atoms with E-state index >= 15 is 0 Å². The van der Waals surface area contributed by atoms with Gasteiger partial charge >= 0.3 is 0 Å². The second-order valence-electron chi connectivity index (χ2n) is 7.71. The molecule has 2 aliphatic heterocycles. The van der Waals surface area contributed by atoms with Crippen molar-refractivity contribution in [1.82, 2.24) is 20.1 Å². The summed E-state index contributed by atoms with van der Waals surface area (Å²) in [7, 11) is 3.64. The molecule has 1 aromatic carbocycles. The van der Waals surface area contributed by atoms with Gasteiger partial charge in [0.05, 0.1) is 13.2 Å². The van der Waals surface area contributed by atoms with Crippen LogP contribution in [0.3, 0.4) is 0 Å². The van der Waals surface area contributed by atoms with Crippen LogP contribution in [-0.4, -0.2) is 85.9 Å². The topological polar surface area (TPSA) is 69.8 Å². The molecule has 0 aliphatic carbocycles. The van der Waals surface area contributed by atoms with E-state index in [2.05, 4.69) is 44.4 Å². The fourth-order valence-corrected chi connectivity index (χ4v) is 4.26. The molecular weight excluding hydrogens is 344 g/mol. The van der Waals surface area contributed by atoms with Gasteiger partial charge in [-0.25, -0.2) is 0 Å². The number of methoxy groups -OCH3 is 1. The van der Waals surface area contributed by atoms with Crippen molar-refractivity contribution in [2.45, 2.75) is 18.2 Å². The third-order valence-corrected chi connectivity index (χ3v) is 5.63. The molecule has 1 amide bonds. The summed E-state index contributed by atoms with van der Waals surface area (Å²) >= 11 is 0. The van der Waals surface area contributed by atoms with Gasteiger partial charge in [0.2, 0.25) is 5.91 Å². The number of fused-ring (bicyclic) bond motifs is 1. The lowest BCUT2D eigenvalue weighted by atomic mass is 9.90. The number of morpholine rings is 1. The van der Waals surface area contributed by atoms with E-state index < -0.39 is 0 Å². The molecule has 2 fully saturated rings. The Labute approximate surface area is 159 Å². The van der Waals surface area contributed by atoms with Gasteiger partial charge in [0, 0.05) is 56.9 Å². The summed E-state index contributed by atoms with van der Waals surface area (Å²) in [6.45, 7) is 4.99. The number of hydrogen-bond donors (Lipinski definition) is 2. The standard InChI is InChI=1S/C20H28N4O3/c1-23-12-20(27-11-18(23)19(25)22-8-9-26-2)13-24(14-20)10-15-4-3-5-17-16(15)6-7-21-17/h3-7,18,21H,8-14H2,1-2H3,(H,22,25)/t18-/m0/s1. The lowest BCUT2D eigenvalue weighted by molar-refractivity contribution is -0.198. The van der Waals surface area contributed by atoms with E-state index in [0.29, 0.717) is 19.8 Å². The molecule has 146 valence electrons. The van der Waals surface area contributed by atoms with Gasteiger partial charge in [-0.1, -0.05) is 12.1 Å².